The van der Waals surface area contributed by atoms with Crippen LogP contribution < -0.4 is 0 Å². The van der Waals surface area contributed by atoms with Gasteiger partial charge in [0.15, 0.2) is 0 Å². The van der Waals surface area contributed by atoms with Gasteiger partial charge < -0.3 is 0 Å². The van der Waals surface area contributed by atoms with Gasteiger partial charge in [0.1, 0.15) is 0 Å². The lowest BCUT2D eigenvalue weighted by Gasteiger charge is -1.94. The van der Waals surface area contributed by atoms with E-state index in [4.69, 9.17) is 11.6 Å². The van der Waals surface area contributed by atoms with Crippen molar-refractivity contribution in [2.45, 2.75) is 12.8 Å². The molecule has 0 saturated heterocycles. The van der Waals surface area contributed by atoms with Crippen molar-refractivity contribution in [2.75, 3.05) is 0 Å². The minimum atomic E-state index is 0.980. The Bertz CT molecular complexity index is 277. The Labute approximate surface area is 83.8 Å². The van der Waals surface area contributed by atoms with E-state index in [9.17, 15) is 0 Å². The molecule has 1 nitrogen and oxygen atoms in total. The first-order valence-corrected chi connectivity index (χ1v) is 4.69. The van der Waals surface area contributed by atoms with Crippen LogP contribution in [0.5, 0.6) is 0 Å². The molecule has 0 bridgehead atoms. The predicted molar refractivity (Wildman–Crippen MR) is 56.7 cm³/mol. The summed E-state index contributed by atoms with van der Waals surface area (Å²) in [7, 11) is 0. The lowest BCUT2D eigenvalue weighted by Crippen LogP contribution is -1.86. The highest BCUT2D eigenvalue weighted by Crippen LogP contribution is 1.98. The number of halogens is 1. The van der Waals surface area contributed by atoms with E-state index in [1.807, 2.05) is 30.5 Å². The van der Waals surface area contributed by atoms with Gasteiger partial charge in [0.05, 0.1) is 0 Å². The van der Waals surface area contributed by atoms with E-state index in [-0.39, 0.29) is 0 Å². The van der Waals surface area contributed by atoms with Crippen molar-refractivity contribution in [3.05, 3.63) is 53.9 Å². The Morgan fingerprint density at radius 1 is 1.31 bits per heavy atom. The van der Waals surface area contributed by atoms with Gasteiger partial charge in [-0.2, -0.15) is 0 Å². The summed E-state index contributed by atoms with van der Waals surface area (Å²) < 4.78 is 0. The molecule has 68 valence electrons. The average Bonchev–Trinajstić information content (AvgIpc) is 2.19. The Morgan fingerprint density at radius 2 is 2.23 bits per heavy atom. The van der Waals surface area contributed by atoms with Crippen LogP contribution in [0.2, 0.25) is 0 Å². The molecule has 1 heterocycles. The summed E-state index contributed by atoms with van der Waals surface area (Å²) in [5.41, 5.74) is 2.62. The summed E-state index contributed by atoms with van der Waals surface area (Å²) in [6.07, 6.45) is 9.62. The number of aryl methyl sites for hydroxylation is 1. The van der Waals surface area contributed by atoms with Gasteiger partial charge in [-0.1, -0.05) is 35.9 Å². The van der Waals surface area contributed by atoms with Crippen molar-refractivity contribution < 1.29 is 0 Å². The average molecular weight is 194 g/mol. The Balaban J connectivity index is 2.28. The second kappa shape index (κ2) is 6.44. The third kappa shape index (κ3) is 4.48. The molecule has 0 aliphatic carbocycles. The molecule has 2 heteroatoms. The molecule has 13 heavy (non-hydrogen) atoms. The SMILES string of the molecule is Cl/C=C/C=C/CCc1ccccn1. The van der Waals surface area contributed by atoms with Crippen molar-refractivity contribution in [1.82, 2.24) is 4.98 Å². The van der Waals surface area contributed by atoms with E-state index < -0.39 is 0 Å². The lowest BCUT2D eigenvalue weighted by atomic mass is 10.2. The minimum Gasteiger partial charge on any atom is -0.261 e. The van der Waals surface area contributed by atoms with Gasteiger partial charge >= 0.3 is 0 Å². The molecular formula is C11H12ClN. The van der Waals surface area contributed by atoms with Crippen molar-refractivity contribution in [3.63, 3.8) is 0 Å². The Morgan fingerprint density at radius 3 is 2.92 bits per heavy atom. The number of allylic oxidation sites excluding steroid dienone is 3. The minimum absolute atomic E-state index is 0.980. The maximum absolute atomic E-state index is 5.35. The summed E-state index contributed by atoms with van der Waals surface area (Å²) in [4.78, 5) is 4.22. The molecule has 0 aliphatic rings. The van der Waals surface area contributed by atoms with E-state index >= 15 is 0 Å². The van der Waals surface area contributed by atoms with E-state index in [0.717, 1.165) is 18.5 Å². The number of rotatable bonds is 4. The van der Waals surface area contributed by atoms with Crippen LogP contribution in [0.4, 0.5) is 0 Å². The molecule has 0 N–H and O–H groups in total. The van der Waals surface area contributed by atoms with Crippen LogP contribution in [-0.2, 0) is 6.42 Å². The van der Waals surface area contributed by atoms with Gasteiger partial charge in [-0.15, -0.1) is 0 Å². The highest BCUT2D eigenvalue weighted by molar-refractivity contribution is 6.25. The number of hydrogen-bond donors (Lipinski definition) is 0. The van der Waals surface area contributed by atoms with E-state index in [1.54, 1.807) is 6.08 Å². The van der Waals surface area contributed by atoms with Crippen LogP contribution in [0, 0.1) is 0 Å². The molecule has 1 rings (SSSR count). The monoisotopic (exact) mass is 193 g/mol. The van der Waals surface area contributed by atoms with Crippen LogP contribution in [0.25, 0.3) is 0 Å². The standard InChI is InChI=1S/C11H12ClN/c12-9-5-2-1-3-7-11-8-4-6-10-13-11/h1-2,4-6,8-10H,3,7H2/b2-1+,9-5+. The highest BCUT2D eigenvalue weighted by atomic mass is 35.5. The first kappa shape index (κ1) is 10.0. The summed E-state index contributed by atoms with van der Waals surface area (Å²) in [6, 6.07) is 5.96. The number of aromatic nitrogens is 1. The fourth-order valence-corrected chi connectivity index (χ4v) is 1.08. The number of nitrogens with zero attached hydrogens (tertiary/aromatic N) is 1. The van der Waals surface area contributed by atoms with Gasteiger partial charge in [-0.25, -0.2) is 0 Å². The normalized spacial score (nSPS) is 11.5. The summed E-state index contributed by atoms with van der Waals surface area (Å²) in [5.74, 6) is 0. The first-order chi connectivity index (χ1) is 6.43. The fourth-order valence-electron chi connectivity index (χ4n) is 0.994. The maximum Gasteiger partial charge on any atom is 0.0406 e. The smallest absolute Gasteiger partial charge is 0.0406 e. The van der Waals surface area contributed by atoms with Gasteiger partial charge in [0.2, 0.25) is 0 Å². The van der Waals surface area contributed by atoms with Gasteiger partial charge in [-0.3, -0.25) is 4.98 Å². The molecule has 0 radical (unpaired) electrons. The maximum atomic E-state index is 5.35. The molecule has 1 aromatic rings. The lowest BCUT2D eigenvalue weighted by molar-refractivity contribution is 0.944. The predicted octanol–water partition coefficient (Wildman–Crippen LogP) is 3.32. The van der Waals surface area contributed by atoms with Crippen LogP contribution >= 0.6 is 11.6 Å². The second-order valence-corrected chi connectivity index (χ2v) is 2.86. The van der Waals surface area contributed by atoms with Gasteiger partial charge in [0.25, 0.3) is 0 Å². The molecule has 0 atom stereocenters. The first-order valence-electron chi connectivity index (χ1n) is 4.25. The zero-order valence-electron chi connectivity index (χ0n) is 7.36. The van der Waals surface area contributed by atoms with Crippen LogP contribution in [-0.4, -0.2) is 4.98 Å². The van der Waals surface area contributed by atoms with Crippen molar-refractivity contribution in [1.29, 1.82) is 0 Å². The largest absolute Gasteiger partial charge is 0.261 e. The van der Waals surface area contributed by atoms with E-state index in [1.165, 1.54) is 5.54 Å². The zero-order chi connectivity index (χ0) is 9.36. The molecule has 0 fully saturated rings. The van der Waals surface area contributed by atoms with Crippen molar-refractivity contribution in [3.8, 4) is 0 Å². The van der Waals surface area contributed by atoms with Crippen molar-refractivity contribution in [2.24, 2.45) is 0 Å². The number of pyridine rings is 1. The molecule has 0 amide bonds. The van der Waals surface area contributed by atoms with Gasteiger partial charge in [-0.05, 0) is 25.0 Å². The summed E-state index contributed by atoms with van der Waals surface area (Å²) in [5, 5.41) is 0. The quantitative estimate of drug-likeness (QED) is 0.669. The van der Waals surface area contributed by atoms with Crippen LogP contribution in [0.1, 0.15) is 12.1 Å². The third-order valence-corrected chi connectivity index (χ3v) is 1.76. The van der Waals surface area contributed by atoms with Crippen LogP contribution in [0.3, 0.4) is 0 Å². The molecular weight excluding hydrogens is 182 g/mol. The summed E-state index contributed by atoms with van der Waals surface area (Å²) >= 11 is 5.35. The zero-order valence-corrected chi connectivity index (χ0v) is 8.11. The topological polar surface area (TPSA) is 12.9 Å². The molecule has 0 saturated carbocycles. The number of hydrogen-bond acceptors (Lipinski definition) is 1. The molecule has 0 aliphatic heterocycles. The van der Waals surface area contributed by atoms with E-state index in [0.29, 0.717) is 0 Å². The molecule has 1 aromatic heterocycles. The van der Waals surface area contributed by atoms with Crippen molar-refractivity contribution >= 4 is 11.6 Å². The van der Waals surface area contributed by atoms with Crippen LogP contribution in [0.15, 0.2) is 48.2 Å². The second-order valence-electron chi connectivity index (χ2n) is 2.61. The molecule has 0 unspecified atom stereocenters. The molecule has 0 aromatic carbocycles. The third-order valence-electron chi connectivity index (χ3n) is 1.61. The Hall–Kier alpha value is -1.08. The summed E-state index contributed by atoms with van der Waals surface area (Å²) in [6.45, 7) is 0. The fraction of sp³-hybridized carbons (Fsp3) is 0.182. The van der Waals surface area contributed by atoms with E-state index in [2.05, 4.69) is 11.1 Å². The molecule has 0 spiro atoms. The Kier molecular flexibility index (Phi) is 4.95. The van der Waals surface area contributed by atoms with Gasteiger partial charge in [0, 0.05) is 17.4 Å². The highest BCUT2D eigenvalue weighted by Gasteiger charge is 1.88.